The molecular formula is C18H20N2O4S2. The van der Waals surface area contributed by atoms with Gasteiger partial charge in [0.05, 0.1) is 10.6 Å². The highest BCUT2D eigenvalue weighted by molar-refractivity contribution is 7.91. The topological polar surface area (TPSA) is 89.7 Å². The number of hydrogen-bond acceptors (Lipinski definition) is 5. The molecule has 26 heavy (non-hydrogen) atoms. The van der Waals surface area contributed by atoms with Crippen molar-refractivity contribution in [2.75, 3.05) is 18.8 Å². The number of benzene rings is 2. The van der Waals surface area contributed by atoms with Crippen LogP contribution in [0, 0.1) is 5.92 Å². The molecule has 2 aromatic rings. The van der Waals surface area contributed by atoms with E-state index in [4.69, 9.17) is 10.5 Å². The van der Waals surface area contributed by atoms with E-state index < -0.39 is 15.9 Å². The van der Waals surface area contributed by atoms with Crippen molar-refractivity contribution in [3.05, 3.63) is 54.6 Å². The highest BCUT2D eigenvalue weighted by Crippen LogP contribution is 2.27. The van der Waals surface area contributed by atoms with Crippen molar-refractivity contribution >= 4 is 28.5 Å². The van der Waals surface area contributed by atoms with Crippen LogP contribution >= 0.6 is 12.6 Å². The minimum atomic E-state index is -3.50. The van der Waals surface area contributed by atoms with Crippen LogP contribution in [-0.4, -0.2) is 43.4 Å². The average molecular weight is 393 g/mol. The van der Waals surface area contributed by atoms with Gasteiger partial charge in [-0.3, -0.25) is 0 Å². The second-order valence-corrected chi connectivity index (χ2v) is 8.94. The Morgan fingerprint density at radius 2 is 1.69 bits per heavy atom. The normalized spacial score (nSPS) is 20.1. The summed E-state index contributed by atoms with van der Waals surface area (Å²) in [5.41, 5.74) is 5.27. The molecule has 2 N–H and O–H groups in total. The molecule has 2 aromatic carbocycles. The Morgan fingerprint density at radius 3 is 2.27 bits per heavy atom. The summed E-state index contributed by atoms with van der Waals surface area (Å²) in [5, 5.41) is -0.210. The number of carbonyl (C=O) groups is 1. The van der Waals surface area contributed by atoms with Crippen molar-refractivity contribution in [2.45, 2.75) is 10.1 Å². The van der Waals surface area contributed by atoms with Crippen molar-refractivity contribution in [3.8, 4) is 11.5 Å². The van der Waals surface area contributed by atoms with Crippen LogP contribution in [0.2, 0.25) is 0 Å². The van der Waals surface area contributed by atoms with Crippen LogP contribution in [0.25, 0.3) is 0 Å². The zero-order chi connectivity index (χ0) is 18.7. The number of urea groups is 1. The molecule has 138 valence electrons. The molecule has 1 saturated heterocycles. The Morgan fingerprint density at radius 1 is 1.08 bits per heavy atom. The molecular weight excluding hydrogens is 372 g/mol. The maximum absolute atomic E-state index is 12.7. The first-order valence-corrected chi connectivity index (χ1v) is 10.3. The summed E-state index contributed by atoms with van der Waals surface area (Å²) >= 11 is 4.40. The van der Waals surface area contributed by atoms with Gasteiger partial charge in [0.1, 0.15) is 11.5 Å². The molecule has 0 aliphatic carbocycles. The van der Waals surface area contributed by atoms with Gasteiger partial charge >= 0.3 is 6.03 Å². The summed E-state index contributed by atoms with van der Waals surface area (Å²) < 4.78 is 31.0. The Balaban J connectivity index is 1.69. The van der Waals surface area contributed by atoms with Gasteiger partial charge in [-0.2, -0.15) is 12.6 Å². The van der Waals surface area contributed by atoms with Crippen molar-refractivity contribution in [1.82, 2.24) is 4.90 Å². The first kappa shape index (κ1) is 18.6. The number of primary amides is 1. The predicted octanol–water partition coefficient (Wildman–Crippen LogP) is 2.56. The molecule has 0 saturated carbocycles. The number of carbonyl (C=O) groups excluding carboxylic acids is 1. The monoisotopic (exact) mass is 392 g/mol. The fourth-order valence-corrected chi connectivity index (χ4v) is 5.10. The van der Waals surface area contributed by atoms with Crippen LogP contribution < -0.4 is 10.5 Å². The second kappa shape index (κ2) is 7.59. The number of likely N-dealkylation sites (tertiary alicyclic amines) is 1. The smallest absolute Gasteiger partial charge is 0.314 e. The van der Waals surface area contributed by atoms with Crippen molar-refractivity contribution in [2.24, 2.45) is 11.7 Å². The third kappa shape index (κ3) is 4.31. The number of nitrogens with zero attached hydrogens (tertiary/aromatic N) is 1. The maximum Gasteiger partial charge on any atom is 0.314 e. The van der Waals surface area contributed by atoms with E-state index in [9.17, 15) is 13.2 Å². The first-order valence-electron chi connectivity index (χ1n) is 8.13. The lowest BCUT2D eigenvalue weighted by atomic mass is 10.1. The van der Waals surface area contributed by atoms with Crippen LogP contribution in [0.4, 0.5) is 4.79 Å². The molecule has 3 rings (SSSR count). The standard InChI is InChI=1S/C18H20N2O4S2/c19-18(21)20-10-13(17(25)11-20)12-26(22,23)16-8-6-15(7-9-16)24-14-4-2-1-3-5-14/h1-9,13,17,25H,10-12H2,(H2,19,21)/t13-,17+/m1/s1. The van der Waals surface area contributed by atoms with E-state index in [0.29, 0.717) is 24.6 Å². The van der Waals surface area contributed by atoms with E-state index in [1.54, 1.807) is 12.1 Å². The van der Waals surface area contributed by atoms with Crippen LogP contribution in [0.3, 0.4) is 0 Å². The molecule has 1 aliphatic rings. The zero-order valence-corrected chi connectivity index (χ0v) is 15.7. The van der Waals surface area contributed by atoms with E-state index in [2.05, 4.69) is 12.6 Å². The van der Waals surface area contributed by atoms with E-state index in [-0.39, 0.29) is 21.8 Å². The Hall–Kier alpha value is -2.19. The SMILES string of the molecule is NC(=O)N1C[C@H](CS(=O)(=O)c2ccc(Oc3ccccc3)cc2)[C@@H](S)C1. The van der Waals surface area contributed by atoms with E-state index in [1.807, 2.05) is 30.3 Å². The van der Waals surface area contributed by atoms with Crippen molar-refractivity contribution in [3.63, 3.8) is 0 Å². The molecule has 0 bridgehead atoms. The van der Waals surface area contributed by atoms with Gasteiger partial charge < -0.3 is 15.4 Å². The lowest BCUT2D eigenvalue weighted by Crippen LogP contribution is -2.34. The van der Waals surface area contributed by atoms with Gasteiger partial charge in [-0.1, -0.05) is 18.2 Å². The molecule has 0 spiro atoms. The van der Waals surface area contributed by atoms with Crippen LogP contribution in [-0.2, 0) is 9.84 Å². The third-order valence-corrected chi connectivity index (χ3v) is 6.76. The number of ether oxygens (including phenoxy) is 1. The number of sulfone groups is 1. The number of rotatable bonds is 5. The van der Waals surface area contributed by atoms with Crippen LogP contribution in [0.5, 0.6) is 11.5 Å². The summed E-state index contributed by atoms with van der Waals surface area (Å²) in [6.07, 6.45) is 0. The minimum Gasteiger partial charge on any atom is -0.457 e. The largest absolute Gasteiger partial charge is 0.457 e. The molecule has 2 amide bonds. The third-order valence-electron chi connectivity index (χ3n) is 4.31. The number of para-hydroxylation sites is 1. The molecule has 1 heterocycles. The first-order chi connectivity index (χ1) is 12.3. The fraction of sp³-hybridized carbons (Fsp3) is 0.278. The molecule has 8 heteroatoms. The molecule has 0 aromatic heterocycles. The number of nitrogens with two attached hydrogens (primary N) is 1. The number of thiol groups is 1. The summed E-state index contributed by atoms with van der Waals surface area (Å²) in [6, 6.07) is 15.0. The highest BCUT2D eigenvalue weighted by Gasteiger charge is 2.35. The van der Waals surface area contributed by atoms with Gasteiger partial charge in [-0.05, 0) is 36.4 Å². The minimum absolute atomic E-state index is 0.0795. The van der Waals surface area contributed by atoms with E-state index in [0.717, 1.165) is 0 Å². The van der Waals surface area contributed by atoms with Gasteiger partial charge in [0.15, 0.2) is 9.84 Å². The summed E-state index contributed by atoms with van der Waals surface area (Å²) in [4.78, 5) is 12.9. The maximum atomic E-state index is 12.7. The Kier molecular flexibility index (Phi) is 5.43. The van der Waals surface area contributed by atoms with Gasteiger partial charge in [0.2, 0.25) is 0 Å². The lowest BCUT2D eigenvalue weighted by Gasteiger charge is -2.14. The highest BCUT2D eigenvalue weighted by atomic mass is 32.2. The summed E-state index contributed by atoms with van der Waals surface area (Å²) in [5.74, 6) is 0.904. The Labute approximate surface area is 158 Å². The molecule has 2 atom stereocenters. The zero-order valence-electron chi connectivity index (χ0n) is 14.0. The van der Waals surface area contributed by atoms with Gasteiger partial charge in [-0.25, -0.2) is 13.2 Å². The number of hydrogen-bond donors (Lipinski definition) is 2. The van der Waals surface area contributed by atoms with Gasteiger partial charge in [0, 0.05) is 24.3 Å². The number of amides is 2. The second-order valence-electron chi connectivity index (χ2n) is 6.24. The summed E-state index contributed by atoms with van der Waals surface area (Å²) in [7, 11) is -3.50. The predicted molar refractivity (Wildman–Crippen MR) is 102 cm³/mol. The van der Waals surface area contributed by atoms with Crippen LogP contribution in [0.15, 0.2) is 59.5 Å². The average Bonchev–Trinajstić information content (AvgIpc) is 2.97. The van der Waals surface area contributed by atoms with Crippen molar-refractivity contribution < 1.29 is 17.9 Å². The Bertz CT molecular complexity index is 870. The molecule has 0 radical (unpaired) electrons. The molecule has 6 nitrogen and oxygen atoms in total. The van der Waals surface area contributed by atoms with Gasteiger partial charge in [-0.15, -0.1) is 0 Å². The van der Waals surface area contributed by atoms with Crippen LogP contribution in [0.1, 0.15) is 0 Å². The van der Waals surface area contributed by atoms with E-state index >= 15 is 0 Å². The molecule has 0 unspecified atom stereocenters. The molecule has 1 fully saturated rings. The summed E-state index contributed by atoms with van der Waals surface area (Å²) in [6.45, 7) is 0.667. The lowest BCUT2D eigenvalue weighted by molar-refractivity contribution is 0.217. The fourth-order valence-electron chi connectivity index (χ4n) is 2.92. The van der Waals surface area contributed by atoms with E-state index in [1.165, 1.54) is 17.0 Å². The van der Waals surface area contributed by atoms with Crippen molar-refractivity contribution in [1.29, 1.82) is 0 Å². The molecule has 1 aliphatic heterocycles. The quantitative estimate of drug-likeness (QED) is 0.766. The van der Waals surface area contributed by atoms with Gasteiger partial charge in [0.25, 0.3) is 0 Å².